The molecule has 0 bridgehead atoms. The molecule has 2 aromatic carbocycles. The molecule has 1 heterocycles. The van der Waals surface area contributed by atoms with Crippen molar-refractivity contribution in [2.45, 2.75) is 19.0 Å². The van der Waals surface area contributed by atoms with E-state index in [1.54, 1.807) is 31.2 Å². The highest BCUT2D eigenvalue weighted by Crippen LogP contribution is 2.28. The predicted molar refractivity (Wildman–Crippen MR) is 107 cm³/mol. The lowest BCUT2D eigenvalue weighted by molar-refractivity contribution is -0.134. The van der Waals surface area contributed by atoms with Crippen LogP contribution in [-0.4, -0.2) is 43.4 Å². The maximum atomic E-state index is 12.8. The van der Waals surface area contributed by atoms with E-state index in [0.29, 0.717) is 12.1 Å². The van der Waals surface area contributed by atoms with Gasteiger partial charge in [-0.25, -0.2) is 4.79 Å². The van der Waals surface area contributed by atoms with Gasteiger partial charge < -0.3 is 15.5 Å². The van der Waals surface area contributed by atoms with Crippen molar-refractivity contribution in [1.29, 1.82) is 0 Å². The van der Waals surface area contributed by atoms with E-state index in [-0.39, 0.29) is 6.54 Å². The van der Waals surface area contributed by atoms with Gasteiger partial charge >= 0.3 is 6.03 Å². The SMILES string of the molecule is CN(C)c1ccc(CNC(=O)CN2C(=O)NC(C)(c3ccccc3)C2=O)cc1. The fourth-order valence-electron chi connectivity index (χ4n) is 3.12. The molecule has 1 atom stereocenters. The Morgan fingerprint density at radius 1 is 1.07 bits per heavy atom. The fourth-order valence-corrected chi connectivity index (χ4v) is 3.12. The van der Waals surface area contributed by atoms with Crippen molar-refractivity contribution in [2.24, 2.45) is 0 Å². The maximum Gasteiger partial charge on any atom is 0.325 e. The Hall–Kier alpha value is -3.35. The van der Waals surface area contributed by atoms with Gasteiger partial charge in [-0.3, -0.25) is 14.5 Å². The minimum absolute atomic E-state index is 0.317. The van der Waals surface area contributed by atoms with E-state index >= 15 is 0 Å². The van der Waals surface area contributed by atoms with E-state index in [1.165, 1.54) is 0 Å². The fraction of sp³-hybridized carbons (Fsp3) is 0.286. The molecule has 7 nitrogen and oxygen atoms in total. The lowest BCUT2D eigenvalue weighted by atomic mass is 9.92. The first-order valence-corrected chi connectivity index (χ1v) is 9.04. The molecule has 0 aliphatic carbocycles. The number of imide groups is 1. The summed E-state index contributed by atoms with van der Waals surface area (Å²) < 4.78 is 0. The van der Waals surface area contributed by atoms with E-state index in [2.05, 4.69) is 10.6 Å². The van der Waals surface area contributed by atoms with E-state index < -0.39 is 23.4 Å². The summed E-state index contributed by atoms with van der Waals surface area (Å²) >= 11 is 0. The van der Waals surface area contributed by atoms with E-state index in [9.17, 15) is 14.4 Å². The largest absolute Gasteiger partial charge is 0.378 e. The van der Waals surface area contributed by atoms with Crippen molar-refractivity contribution >= 4 is 23.5 Å². The van der Waals surface area contributed by atoms with Gasteiger partial charge in [0, 0.05) is 26.3 Å². The van der Waals surface area contributed by atoms with Crippen LogP contribution in [0.1, 0.15) is 18.1 Å². The molecule has 1 saturated heterocycles. The first-order valence-electron chi connectivity index (χ1n) is 9.04. The van der Waals surface area contributed by atoms with Crippen LogP contribution in [0, 0.1) is 0 Å². The molecule has 1 aliphatic rings. The number of carbonyl (C=O) groups is 3. The number of nitrogens with zero attached hydrogens (tertiary/aromatic N) is 2. The smallest absolute Gasteiger partial charge is 0.325 e. The third kappa shape index (κ3) is 3.83. The first-order chi connectivity index (χ1) is 13.3. The van der Waals surface area contributed by atoms with Crippen LogP contribution in [0.5, 0.6) is 0 Å². The van der Waals surface area contributed by atoms with Gasteiger partial charge in [0.2, 0.25) is 5.91 Å². The van der Waals surface area contributed by atoms with Gasteiger partial charge in [0.05, 0.1) is 0 Å². The molecule has 2 aromatic rings. The zero-order valence-corrected chi connectivity index (χ0v) is 16.2. The van der Waals surface area contributed by atoms with Crippen molar-refractivity contribution in [3.8, 4) is 0 Å². The van der Waals surface area contributed by atoms with Crippen LogP contribution in [0.15, 0.2) is 54.6 Å². The number of carbonyl (C=O) groups excluding carboxylic acids is 3. The Morgan fingerprint density at radius 3 is 2.32 bits per heavy atom. The molecule has 28 heavy (non-hydrogen) atoms. The van der Waals surface area contributed by atoms with Gasteiger partial charge in [-0.05, 0) is 30.2 Å². The van der Waals surface area contributed by atoms with Crippen LogP contribution < -0.4 is 15.5 Å². The highest BCUT2D eigenvalue weighted by molar-refractivity contribution is 6.09. The summed E-state index contributed by atoms with van der Waals surface area (Å²) in [5.41, 5.74) is 1.51. The predicted octanol–water partition coefficient (Wildman–Crippen LogP) is 1.84. The first kappa shape index (κ1) is 19.4. The van der Waals surface area contributed by atoms with Crippen molar-refractivity contribution < 1.29 is 14.4 Å². The molecule has 0 radical (unpaired) electrons. The number of amides is 4. The molecule has 1 fully saturated rings. The van der Waals surface area contributed by atoms with Gasteiger partial charge in [0.1, 0.15) is 12.1 Å². The summed E-state index contributed by atoms with van der Waals surface area (Å²) in [6, 6.07) is 16.2. The lowest BCUT2D eigenvalue weighted by Crippen LogP contribution is -2.43. The standard InChI is InChI=1S/C21H24N4O3/c1-21(16-7-5-4-6-8-16)19(27)25(20(28)23-21)14-18(26)22-13-15-9-11-17(12-10-15)24(2)3/h4-12H,13-14H2,1-3H3,(H,22,26)(H,23,28). The molecular formula is C21H24N4O3. The monoisotopic (exact) mass is 380 g/mol. The maximum absolute atomic E-state index is 12.8. The molecule has 1 aliphatic heterocycles. The zero-order valence-electron chi connectivity index (χ0n) is 16.2. The Bertz CT molecular complexity index is 880. The Balaban J connectivity index is 1.61. The van der Waals surface area contributed by atoms with Crippen LogP contribution in [0.3, 0.4) is 0 Å². The minimum Gasteiger partial charge on any atom is -0.378 e. The molecule has 1 unspecified atom stereocenters. The average Bonchev–Trinajstić information content (AvgIpc) is 2.91. The topological polar surface area (TPSA) is 81.8 Å². The third-order valence-electron chi connectivity index (χ3n) is 4.87. The van der Waals surface area contributed by atoms with Crippen LogP contribution in [0.25, 0.3) is 0 Å². The van der Waals surface area contributed by atoms with Crippen molar-refractivity contribution in [3.63, 3.8) is 0 Å². The minimum atomic E-state index is -1.17. The number of anilines is 1. The summed E-state index contributed by atoms with van der Waals surface area (Å²) in [5.74, 6) is -0.827. The summed E-state index contributed by atoms with van der Waals surface area (Å²) in [7, 11) is 3.91. The molecular weight excluding hydrogens is 356 g/mol. The van der Waals surface area contributed by atoms with Crippen molar-refractivity contribution in [3.05, 3.63) is 65.7 Å². The summed E-state index contributed by atoms with van der Waals surface area (Å²) in [4.78, 5) is 40.3. The summed E-state index contributed by atoms with van der Waals surface area (Å²) in [5, 5.41) is 5.45. The highest BCUT2D eigenvalue weighted by Gasteiger charge is 2.49. The molecule has 3 rings (SSSR count). The quantitative estimate of drug-likeness (QED) is 0.750. The molecule has 4 amide bonds. The normalized spacial score (nSPS) is 18.8. The second-order valence-electron chi connectivity index (χ2n) is 7.15. The highest BCUT2D eigenvalue weighted by atomic mass is 16.2. The zero-order chi connectivity index (χ0) is 20.3. The average molecular weight is 380 g/mol. The molecule has 0 saturated carbocycles. The van der Waals surface area contributed by atoms with Crippen molar-refractivity contribution in [2.75, 3.05) is 25.5 Å². The number of urea groups is 1. The number of hydrogen-bond donors (Lipinski definition) is 2. The van der Waals surface area contributed by atoms with E-state index in [0.717, 1.165) is 16.2 Å². The van der Waals surface area contributed by atoms with E-state index in [1.807, 2.05) is 49.3 Å². The number of rotatable bonds is 6. The molecule has 146 valence electrons. The number of benzene rings is 2. The van der Waals surface area contributed by atoms with Gasteiger partial charge in [-0.15, -0.1) is 0 Å². The second kappa shape index (κ2) is 7.72. The Kier molecular flexibility index (Phi) is 5.35. The third-order valence-corrected chi connectivity index (χ3v) is 4.87. The van der Waals surface area contributed by atoms with Gasteiger partial charge in [0.25, 0.3) is 5.91 Å². The Labute approximate surface area is 164 Å². The van der Waals surface area contributed by atoms with E-state index in [4.69, 9.17) is 0 Å². The summed E-state index contributed by atoms with van der Waals surface area (Å²) in [6.45, 7) is 1.65. The van der Waals surface area contributed by atoms with Gasteiger partial charge in [-0.1, -0.05) is 42.5 Å². The number of nitrogens with one attached hydrogen (secondary N) is 2. The molecule has 7 heteroatoms. The summed E-state index contributed by atoms with van der Waals surface area (Å²) in [6.07, 6.45) is 0. The van der Waals surface area contributed by atoms with Crippen LogP contribution in [0.4, 0.5) is 10.5 Å². The van der Waals surface area contributed by atoms with Gasteiger partial charge in [-0.2, -0.15) is 0 Å². The van der Waals surface area contributed by atoms with Crippen LogP contribution in [-0.2, 0) is 21.7 Å². The van der Waals surface area contributed by atoms with Crippen molar-refractivity contribution in [1.82, 2.24) is 15.5 Å². The lowest BCUT2D eigenvalue weighted by Gasteiger charge is -2.22. The second-order valence-corrected chi connectivity index (χ2v) is 7.15. The van der Waals surface area contributed by atoms with Gasteiger partial charge in [0.15, 0.2) is 0 Å². The molecule has 0 spiro atoms. The molecule has 2 N–H and O–H groups in total. The van der Waals surface area contributed by atoms with Crippen LogP contribution in [0.2, 0.25) is 0 Å². The number of hydrogen-bond acceptors (Lipinski definition) is 4. The Morgan fingerprint density at radius 2 is 1.71 bits per heavy atom. The molecule has 0 aromatic heterocycles. The van der Waals surface area contributed by atoms with Crippen LogP contribution >= 0.6 is 0 Å².